The number of nitrogens with one attached hydrogen (secondary N) is 2. The number of hydrogen-bond acceptors (Lipinski definition) is 5. The molecule has 1 heterocycles. The van der Waals surface area contributed by atoms with Crippen LogP contribution in [0.5, 0.6) is 11.5 Å². The van der Waals surface area contributed by atoms with Crippen LogP contribution in [0.15, 0.2) is 76.8 Å². The molecule has 0 saturated carbocycles. The number of carbonyl (C=O) groups excluding carboxylic acids is 3. The van der Waals surface area contributed by atoms with E-state index in [4.69, 9.17) is 9.47 Å². The highest BCUT2D eigenvalue weighted by Gasteiger charge is 2.34. The molecule has 0 atom stereocenters. The Bertz CT molecular complexity index is 1310. The zero-order valence-electron chi connectivity index (χ0n) is 19.0. The van der Waals surface area contributed by atoms with E-state index in [-0.39, 0.29) is 23.8 Å². The number of nitrogens with zero attached hydrogens (tertiary/aromatic N) is 1. The molecule has 9 heteroatoms. The van der Waals surface area contributed by atoms with Crippen LogP contribution < -0.4 is 25.2 Å². The van der Waals surface area contributed by atoms with Crippen LogP contribution in [0.1, 0.15) is 11.1 Å². The third kappa shape index (κ3) is 5.52. The van der Waals surface area contributed by atoms with Gasteiger partial charge in [-0.3, -0.25) is 19.8 Å². The van der Waals surface area contributed by atoms with Gasteiger partial charge in [-0.2, -0.15) is 0 Å². The van der Waals surface area contributed by atoms with Crippen LogP contribution in [0.25, 0.3) is 6.08 Å². The summed E-state index contributed by atoms with van der Waals surface area (Å²) >= 11 is 3.41. The van der Waals surface area contributed by atoms with Crippen molar-refractivity contribution in [3.8, 4) is 11.5 Å². The molecule has 3 aromatic rings. The second kappa shape index (κ2) is 10.4. The maximum atomic E-state index is 13.0. The molecule has 0 aliphatic carbocycles. The van der Waals surface area contributed by atoms with E-state index >= 15 is 0 Å². The van der Waals surface area contributed by atoms with Gasteiger partial charge in [0.2, 0.25) is 0 Å². The van der Waals surface area contributed by atoms with Gasteiger partial charge in [0.1, 0.15) is 5.57 Å². The Morgan fingerprint density at radius 1 is 1.09 bits per heavy atom. The summed E-state index contributed by atoms with van der Waals surface area (Å²) in [4.78, 5) is 38.1. The van der Waals surface area contributed by atoms with Gasteiger partial charge in [-0.1, -0.05) is 51.8 Å². The summed E-state index contributed by atoms with van der Waals surface area (Å²) in [7, 11) is 1.46. The van der Waals surface area contributed by atoms with Crippen molar-refractivity contribution in [2.75, 3.05) is 24.0 Å². The van der Waals surface area contributed by atoms with E-state index in [1.807, 2.05) is 25.1 Å². The smallest absolute Gasteiger partial charge is 0.282 e. The molecular weight excluding hydrogens is 514 g/mol. The first-order valence-electron chi connectivity index (χ1n) is 10.6. The molecule has 35 heavy (non-hydrogen) atoms. The Balaban J connectivity index is 1.59. The summed E-state index contributed by atoms with van der Waals surface area (Å²) in [6.45, 7) is 1.65. The Kier molecular flexibility index (Phi) is 7.17. The number of aryl methyl sites for hydroxylation is 1. The largest absolute Gasteiger partial charge is 0.493 e. The number of anilines is 2. The number of methoxy groups -OCH3 is 1. The Hall–Kier alpha value is -4.11. The topological polar surface area (TPSA) is 97.0 Å². The molecule has 3 aromatic carbocycles. The fraction of sp³-hybridized carbons (Fsp3) is 0.115. The summed E-state index contributed by atoms with van der Waals surface area (Å²) in [6.07, 6.45) is 1.42. The monoisotopic (exact) mass is 535 g/mol. The van der Waals surface area contributed by atoms with E-state index in [0.29, 0.717) is 27.2 Å². The molecule has 2 N–H and O–H groups in total. The molecule has 0 bridgehead atoms. The first kappa shape index (κ1) is 24.0. The van der Waals surface area contributed by atoms with Gasteiger partial charge in [0.25, 0.3) is 17.7 Å². The lowest BCUT2D eigenvalue weighted by molar-refractivity contribution is -0.118. The lowest BCUT2D eigenvalue weighted by Gasteiger charge is -2.15. The second-order valence-corrected chi connectivity index (χ2v) is 8.62. The quantitative estimate of drug-likeness (QED) is 0.348. The van der Waals surface area contributed by atoms with Crippen molar-refractivity contribution in [1.29, 1.82) is 0 Å². The molecule has 8 nitrogen and oxygen atoms in total. The van der Waals surface area contributed by atoms with Crippen LogP contribution in [-0.2, 0) is 14.4 Å². The summed E-state index contributed by atoms with van der Waals surface area (Å²) in [5, 5.41) is 3.94. The molecule has 0 aromatic heterocycles. The third-order valence-corrected chi connectivity index (χ3v) is 5.61. The molecule has 1 aliphatic heterocycles. The molecule has 1 saturated heterocycles. The van der Waals surface area contributed by atoms with Gasteiger partial charge in [0.05, 0.1) is 12.8 Å². The number of rotatable bonds is 7. The summed E-state index contributed by atoms with van der Waals surface area (Å²) in [5.41, 5.74) is 5.13. The van der Waals surface area contributed by atoms with E-state index < -0.39 is 11.8 Å². The average Bonchev–Trinajstić information content (AvgIpc) is 3.13. The number of halogens is 1. The highest BCUT2D eigenvalue weighted by atomic mass is 79.9. The maximum absolute atomic E-state index is 13.0. The highest BCUT2D eigenvalue weighted by Crippen LogP contribution is 2.37. The number of para-hydroxylation sites is 1. The molecule has 1 fully saturated rings. The first-order chi connectivity index (χ1) is 16.9. The van der Waals surface area contributed by atoms with Crippen LogP contribution in [0.3, 0.4) is 0 Å². The molecule has 178 valence electrons. The van der Waals surface area contributed by atoms with Gasteiger partial charge < -0.3 is 14.8 Å². The number of benzene rings is 3. The van der Waals surface area contributed by atoms with Gasteiger partial charge in [-0.25, -0.2) is 5.01 Å². The summed E-state index contributed by atoms with van der Waals surface area (Å²) < 4.78 is 11.9. The van der Waals surface area contributed by atoms with Gasteiger partial charge >= 0.3 is 0 Å². The van der Waals surface area contributed by atoms with Crippen molar-refractivity contribution in [2.45, 2.75) is 6.92 Å². The van der Waals surface area contributed by atoms with Crippen molar-refractivity contribution in [3.63, 3.8) is 0 Å². The van der Waals surface area contributed by atoms with E-state index in [0.717, 1.165) is 5.56 Å². The van der Waals surface area contributed by atoms with E-state index in [2.05, 4.69) is 26.7 Å². The lowest BCUT2D eigenvalue weighted by atomic mass is 10.1. The zero-order chi connectivity index (χ0) is 24.9. The number of hydrazine groups is 1. The van der Waals surface area contributed by atoms with Crippen molar-refractivity contribution in [1.82, 2.24) is 5.43 Å². The van der Waals surface area contributed by atoms with Crippen LogP contribution in [0, 0.1) is 6.92 Å². The molecule has 3 amide bonds. The molecule has 0 unspecified atom stereocenters. The van der Waals surface area contributed by atoms with Crippen LogP contribution in [-0.4, -0.2) is 31.4 Å². The Labute approximate surface area is 210 Å². The Morgan fingerprint density at radius 2 is 1.80 bits per heavy atom. The fourth-order valence-corrected chi connectivity index (χ4v) is 3.90. The minimum absolute atomic E-state index is 0.0806. The van der Waals surface area contributed by atoms with Crippen LogP contribution >= 0.6 is 15.9 Å². The van der Waals surface area contributed by atoms with Gasteiger partial charge in [0.15, 0.2) is 18.1 Å². The van der Waals surface area contributed by atoms with E-state index in [1.54, 1.807) is 48.5 Å². The molecule has 4 rings (SSSR count). The molecular formula is C26H22BrN3O5. The van der Waals surface area contributed by atoms with Crippen molar-refractivity contribution in [3.05, 3.63) is 87.9 Å². The molecule has 1 aliphatic rings. The predicted molar refractivity (Wildman–Crippen MR) is 136 cm³/mol. The third-order valence-electron chi connectivity index (χ3n) is 5.16. The van der Waals surface area contributed by atoms with Gasteiger partial charge in [-0.05, 0) is 49.4 Å². The highest BCUT2D eigenvalue weighted by molar-refractivity contribution is 9.10. The standard InChI is InChI=1S/C26H22BrN3O5/c1-16-8-10-19(11-9-16)28-23(31)15-35-24-17(12-18(27)14-22(24)34-2)13-21-25(32)29-30(26(21)33)20-6-4-3-5-7-20/h3-14H,15H2,1-2H3,(H,28,31)(H,29,32)/b21-13+. The minimum Gasteiger partial charge on any atom is -0.493 e. The van der Waals surface area contributed by atoms with Crippen molar-refractivity contribution >= 4 is 51.1 Å². The van der Waals surface area contributed by atoms with Gasteiger partial charge in [0, 0.05) is 15.7 Å². The molecule has 0 spiro atoms. The van der Waals surface area contributed by atoms with E-state index in [9.17, 15) is 14.4 Å². The summed E-state index contributed by atoms with van der Waals surface area (Å²) in [5.74, 6) is -0.882. The van der Waals surface area contributed by atoms with Crippen LogP contribution in [0.2, 0.25) is 0 Å². The van der Waals surface area contributed by atoms with E-state index in [1.165, 1.54) is 18.2 Å². The molecule has 0 radical (unpaired) electrons. The van der Waals surface area contributed by atoms with Crippen LogP contribution in [0.4, 0.5) is 11.4 Å². The SMILES string of the molecule is COc1cc(Br)cc(/C=C2\C(=O)NN(c3ccccc3)C2=O)c1OCC(=O)Nc1ccc(C)cc1. The number of hydrogen-bond donors (Lipinski definition) is 2. The van der Waals surface area contributed by atoms with Gasteiger partial charge in [-0.15, -0.1) is 0 Å². The fourth-order valence-electron chi connectivity index (χ4n) is 3.45. The zero-order valence-corrected chi connectivity index (χ0v) is 20.6. The number of ether oxygens (including phenoxy) is 2. The van der Waals surface area contributed by atoms with Crippen molar-refractivity contribution < 1.29 is 23.9 Å². The first-order valence-corrected chi connectivity index (χ1v) is 11.4. The maximum Gasteiger partial charge on any atom is 0.282 e. The average molecular weight is 536 g/mol. The number of carbonyl (C=O) groups is 3. The normalized spacial score (nSPS) is 14.1. The second-order valence-electron chi connectivity index (χ2n) is 7.70. The number of amides is 3. The summed E-state index contributed by atoms with van der Waals surface area (Å²) in [6, 6.07) is 19.5. The lowest BCUT2D eigenvalue weighted by Crippen LogP contribution is -2.35. The Morgan fingerprint density at radius 3 is 2.49 bits per heavy atom. The predicted octanol–water partition coefficient (Wildman–Crippen LogP) is 4.25. The minimum atomic E-state index is -0.555. The van der Waals surface area contributed by atoms with Crippen molar-refractivity contribution in [2.24, 2.45) is 0 Å².